The number of carbonyl (C=O) groups is 4. The summed E-state index contributed by atoms with van der Waals surface area (Å²) in [7, 11) is 1.50. The zero-order chi connectivity index (χ0) is 41.0. The lowest BCUT2D eigenvalue weighted by Gasteiger charge is -2.59. The van der Waals surface area contributed by atoms with E-state index in [1.165, 1.54) is 38.8 Å². The van der Waals surface area contributed by atoms with Gasteiger partial charge >= 0.3 is 11.9 Å². The highest BCUT2D eigenvalue weighted by Gasteiger charge is 2.59. The number of nitrogens with zero attached hydrogens (tertiary/aromatic N) is 2. The zero-order valence-corrected chi connectivity index (χ0v) is 33.3. The van der Waals surface area contributed by atoms with Gasteiger partial charge in [0.15, 0.2) is 23.0 Å². The van der Waals surface area contributed by atoms with E-state index < -0.39 is 65.3 Å². The van der Waals surface area contributed by atoms with Crippen LogP contribution in [0.15, 0.2) is 42.5 Å². The summed E-state index contributed by atoms with van der Waals surface area (Å²) in [6.45, 7) is 6.09. The van der Waals surface area contributed by atoms with E-state index in [4.69, 9.17) is 23.7 Å². The molecular formula is C42H43N5O10S. The molecule has 6 heterocycles. The average Bonchev–Trinajstić information content (AvgIpc) is 3.70. The van der Waals surface area contributed by atoms with Gasteiger partial charge in [-0.25, -0.2) is 4.79 Å². The molecule has 2 amide bonds. The van der Waals surface area contributed by atoms with Crippen LogP contribution in [0.25, 0.3) is 6.08 Å². The molecule has 2 saturated heterocycles. The second-order valence-corrected chi connectivity index (χ2v) is 16.2. The van der Waals surface area contributed by atoms with Crippen LogP contribution in [0.2, 0.25) is 0 Å². The van der Waals surface area contributed by atoms with Crippen molar-refractivity contribution in [3.05, 3.63) is 81.4 Å². The number of aromatic hydroxyl groups is 1. The lowest BCUT2D eigenvalue weighted by molar-refractivity contribution is -0.151. The van der Waals surface area contributed by atoms with Gasteiger partial charge in [0, 0.05) is 53.1 Å². The van der Waals surface area contributed by atoms with E-state index in [0.717, 1.165) is 16.7 Å². The topological polar surface area (TPSA) is 198 Å². The molecule has 0 aliphatic carbocycles. The Balaban J connectivity index is 1.21. The fraction of sp³-hybridized carbons (Fsp3) is 0.405. The molecule has 2 fully saturated rings. The van der Waals surface area contributed by atoms with Crippen LogP contribution in [-0.4, -0.2) is 90.2 Å². The number of nitriles is 1. The molecule has 3 aromatic carbocycles. The Morgan fingerprint density at radius 1 is 1.10 bits per heavy atom. The van der Waals surface area contributed by atoms with Crippen molar-refractivity contribution >= 4 is 41.6 Å². The van der Waals surface area contributed by atoms with E-state index in [1.807, 2.05) is 48.2 Å². The number of benzene rings is 3. The van der Waals surface area contributed by atoms with Crippen LogP contribution in [0.5, 0.6) is 28.7 Å². The molecule has 2 unspecified atom stereocenters. The Hall–Kier alpha value is -5.76. The Morgan fingerprint density at radius 2 is 1.86 bits per heavy atom. The van der Waals surface area contributed by atoms with Gasteiger partial charge in [0.05, 0.1) is 30.5 Å². The van der Waals surface area contributed by atoms with Crippen LogP contribution in [0.1, 0.15) is 70.1 Å². The van der Waals surface area contributed by atoms with Crippen molar-refractivity contribution in [2.75, 3.05) is 26.3 Å². The third-order valence-corrected chi connectivity index (χ3v) is 12.8. The lowest BCUT2D eigenvalue weighted by Crippen LogP contribution is -2.69. The van der Waals surface area contributed by atoms with Crippen molar-refractivity contribution < 1.29 is 48.0 Å². The first-order valence-electron chi connectivity index (χ1n) is 19.0. The molecule has 0 spiro atoms. The van der Waals surface area contributed by atoms with Gasteiger partial charge in [0.1, 0.15) is 30.5 Å². The molecule has 302 valence electrons. The largest absolute Gasteiger partial charge is 0.504 e. The average molecular weight is 810 g/mol. The third kappa shape index (κ3) is 6.66. The number of piperazine rings is 1. The number of aryl methyl sites for hydroxylation is 1. The number of hydrogen-bond donors (Lipinski definition) is 4. The van der Waals surface area contributed by atoms with Gasteiger partial charge in [-0.3, -0.25) is 19.3 Å². The van der Waals surface area contributed by atoms with Crippen LogP contribution < -0.4 is 34.9 Å². The number of rotatable bonds is 7. The Labute approximate surface area is 339 Å². The summed E-state index contributed by atoms with van der Waals surface area (Å²) < 4.78 is 29.8. The SMILES string of the molecule is COc1c(C)cc2c(c1O)[C@H]1N[C@@H](C2)[C@H](C#N)N2C1[C@@H]1SC[C@H](NC(=O)C(C)NC(=O)/C=C/c3ccccc3)C(=O)OC[C@H]2c2c3c(c(C)c(OC(C)=O)c21)OCO3. The molecule has 6 aliphatic rings. The van der Waals surface area contributed by atoms with Crippen molar-refractivity contribution in [3.8, 4) is 34.8 Å². The smallest absolute Gasteiger partial charge is 0.329 e. The van der Waals surface area contributed by atoms with Crippen molar-refractivity contribution in [1.29, 1.82) is 5.26 Å². The number of hydrogen-bond acceptors (Lipinski definition) is 14. The quantitative estimate of drug-likeness (QED) is 0.154. The number of nitrogens with one attached hydrogen (secondary N) is 3. The molecule has 4 N–H and O–H groups in total. The highest BCUT2D eigenvalue weighted by atomic mass is 32.2. The summed E-state index contributed by atoms with van der Waals surface area (Å²) >= 11 is 1.31. The van der Waals surface area contributed by atoms with E-state index in [0.29, 0.717) is 45.9 Å². The first kappa shape index (κ1) is 39.1. The molecule has 9 rings (SSSR count). The number of ether oxygens (including phenoxy) is 5. The molecule has 6 aliphatic heterocycles. The second-order valence-electron chi connectivity index (χ2n) is 15.0. The lowest BCUT2D eigenvalue weighted by atomic mass is 9.72. The van der Waals surface area contributed by atoms with Crippen molar-refractivity contribution in [2.45, 2.75) is 81.7 Å². The third-order valence-electron chi connectivity index (χ3n) is 11.4. The molecule has 0 radical (unpaired) electrons. The van der Waals surface area contributed by atoms with E-state index in [2.05, 4.69) is 22.0 Å². The van der Waals surface area contributed by atoms with E-state index in [1.54, 1.807) is 13.0 Å². The van der Waals surface area contributed by atoms with Gasteiger partial charge in [0.25, 0.3) is 0 Å². The fourth-order valence-corrected chi connectivity index (χ4v) is 10.5. The zero-order valence-electron chi connectivity index (χ0n) is 32.5. The Kier molecular flexibility index (Phi) is 10.5. The van der Waals surface area contributed by atoms with E-state index in [9.17, 15) is 29.5 Å². The molecule has 8 atom stereocenters. The van der Waals surface area contributed by atoms with Crippen molar-refractivity contribution in [1.82, 2.24) is 20.9 Å². The summed E-state index contributed by atoms with van der Waals surface area (Å²) in [4.78, 5) is 55.1. The number of phenols is 1. The van der Waals surface area contributed by atoms with Crippen LogP contribution in [-0.2, 0) is 30.3 Å². The van der Waals surface area contributed by atoms with Crippen LogP contribution >= 0.6 is 11.8 Å². The van der Waals surface area contributed by atoms with Gasteiger partial charge in [-0.15, -0.1) is 11.8 Å². The molecule has 3 aromatic rings. The minimum Gasteiger partial charge on any atom is -0.504 e. The number of amides is 2. The molecular weight excluding hydrogens is 767 g/mol. The Morgan fingerprint density at radius 3 is 2.59 bits per heavy atom. The van der Waals surface area contributed by atoms with Crippen molar-refractivity contribution in [2.24, 2.45) is 0 Å². The second kappa shape index (κ2) is 15.5. The van der Waals surface area contributed by atoms with Crippen LogP contribution in [0.4, 0.5) is 0 Å². The van der Waals surface area contributed by atoms with E-state index >= 15 is 0 Å². The molecule has 15 nitrogen and oxygen atoms in total. The van der Waals surface area contributed by atoms with Gasteiger partial charge < -0.3 is 44.7 Å². The maximum Gasteiger partial charge on any atom is 0.329 e. The summed E-state index contributed by atoms with van der Waals surface area (Å²) in [5.41, 5.74) is 4.76. The predicted octanol–water partition coefficient (Wildman–Crippen LogP) is 3.59. The maximum atomic E-state index is 14.0. The number of carbonyl (C=O) groups excluding carboxylic acids is 4. The first-order chi connectivity index (χ1) is 27.9. The highest BCUT2D eigenvalue weighted by molar-refractivity contribution is 7.99. The normalized spacial score (nSPS) is 25.9. The molecule has 4 bridgehead atoms. The van der Waals surface area contributed by atoms with E-state index in [-0.39, 0.29) is 36.7 Å². The summed E-state index contributed by atoms with van der Waals surface area (Å²) in [5, 5.41) is 31.2. The minimum atomic E-state index is -1.16. The maximum absolute atomic E-state index is 14.0. The molecule has 58 heavy (non-hydrogen) atoms. The fourth-order valence-electron chi connectivity index (χ4n) is 9.03. The van der Waals surface area contributed by atoms with Crippen LogP contribution in [0.3, 0.4) is 0 Å². The predicted molar refractivity (Wildman–Crippen MR) is 210 cm³/mol. The van der Waals surface area contributed by atoms with Gasteiger partial charge in [0.2, 0.25) is 18.6 Å². The van der Waals surface area contributed by atoms with Gasteiger partial charge in [-0.2, -0.15) is 5.26 Å². The van der Waals surface area contributed by atoms with Crippen molar-refractivity contribution in [3.63, 3.8) is 0 Å². The van der Waals surface area contributed by atoms with Gasteiger partial charge in [-0.05, 0) is 50.0 Å². The number of thioether (sulfide) groups is 1. The summed E-state index contributed by atoms with van der Waals surface area (Å²) in [6.07, 6.45) is 3.39. The monoisotopic (exact) mass is 809 g/mol. The minimum absolute atomic E-state index is 0.0182. The van der Waals surface area contributed by atoms with Gasteiger partial charge in [-0.1, -0.05) is 36.4 Å². The molecule has 0 aromatic heterocycles. The standard InChI is InChI=1S/C42H43N5O10S/c1-19-13-24-14-25-27(15-43)47-28-16-54-42(52)26(46-41(51)21(3)44-29(49)12-11-23-9-7-6-8-10-23)17-58-40(34(47)33(45-25)30(24)35(50)36(19)53-5)32-31(28)39-38(55-18-56-39)20(2)37(32)57-22(4)48/h6-13,21,25-28,33-34,40,45,50H,14,16-18H2,1-5H3,(H,44,49)(H,46,51)/b12-11+/t21?,25-,26-,27-,28-,33+,34?,40+/m0/s1. The summed E-state index contributed by atoms with van der Waals surface area (Å²) in [5.74, 6) is -1.02. The molecule has 0 saturated carbocycles. The first-order valence-corrected chi connectivity index (χ1v) is 20.1. The summed E-state index contributed by atoms with van der Waals surface area (Å²) in [6, 6.07) is 8.44. The number of methoxy groups -OCH3 is 1. The number of phenolic OH excluding ortho intramolecular Hbond substituents is 1. The number of esters is 2. The number of fused-ring (bicyclic) bond motifs is 10. The molecule has 16 heteroatoms. The van der Waals surface area contributed by atoms with Crippen LogP contribution in [0, 0.1) is 25.2 Å². The highest BCUT2D eigenvalue weighted by Crippen LogP contribution is 2.62. The Bertz CT molecular complexity index is 2280.